The van der Waals surface area contributed by atoms with Crippen LogP contribution in [0.25, 0.3) is 0 Å². The van der Waals surface area contributed by atoms with E-state index in [0.29, 0.717) is 10.0 Å². The van der Waals surface area contributed by atoms with E-state index in [1.807, 2.05) is 6.92 Å². The summed E-state index contributed by atoms with van der Waals surface area (Å²) in [5.41, 5.74) is 0.227. The first-order valence-electron chi connectivity index (χ1n) is 5.37. The average molecular weight is 316 g/mol. The molecule has 5 nitrogen and oxygen atoms in total. The number of nitro benzene ring substituents is 1. The molecule has 1 aromatic carbocycles. The Morgan fingerprint density at radius 3 is 2.78 bits per heavy atom. The number of aliphatic hydroxyl groups excluding tert-OH is 1. The van der Waals surface area contributed by atoms with Crippen LogP contribution in [-0.2, 0) is 0 Å². The van der Waals surface area contributed by atoms with E-state index in [1.165, 1.54) is 13.0 Å². The Balaban J connectivity index is 3.27. The Morgan fingerprint density at radius 2 is 2.28 bits per heavy atom. The van der Waals surface area contributed by atoms with Crippen LogP contribution in [0.1, 0.15) is 25.5 Å². The Kier molecular flexibility index (Phi) is 5.30. The lowest BCUT2D eigenvalue weighted by molar-refractivity contribution is -0.386. The third kappa shape index (κ3) is 3.54. The molecule has 0 fully saturated rings. The highest BCUT2D eigenvalue weighted by Crippen LogP contribution is 2.37. The molecule has 1 rings (SSSR count). The van der Waals surface area contributed by atoms with Crippen molar-refractivity contribution in [3.63, 3.8) is 0 Å². The standard InChI is InChI=1S/C12H14BrNO4/c1-3-4-5-18-12-10(8(2)15)6-9(13)7-11(12)14(16)17/h3-4,6-8,15H,5H2,1-2H3/b4-3+/t8-/m1/s1. The number of allylic oxidation sites excluding steroid dienone is 1. The van der Waals surface area contributed by atoms with Crippen molar-refractivity contribution in [2.24, 2.45) is 0 Å². The SMILES string of the molecule is C/C=C/COc1c([C@@H](C)O)cc(Br)cc1[N+](=O)[O-]. The summed E-state index contributed by atoms with van der Waals surface area (Å²) in [6.07, 6.45) is 2.67. The van der Waals surface area contributed by atoms with Gasteiger partial charge in [0.2, 0.25) is 5.75 Å². The van der Waals surface area contributed by atoms with Gasteiger partial charge in [0.05, 0.1) is 11.0 Å². The van der Waals surface area contributed by atoms with Crippen LogP contribution in [0.4, 0.5) is 5.69 Å². The summed E-state index contributed by atoms with van der Waals surface area (Å²) in [6, 6.07) is 2.97. The molecular weight excluding hydrogens is 302 g/mol. The highest BCUT2D eigenvalue weighted by molar-refractivity contribution is 9.10. The molecule has 0 saturated heterocycles. The number of rotatable bonds is 5. The van der Waals surface area contributed by atoms with E-state index < -0.39 is 11.0 Å². The van der Waals surface area contributed by atoms with E-state index in [9.17, 15) is 15.2 Å². The van der Waals surface area contributed by atoms with Crippen molar-refractivity contribution in [2.45, 2.75) is 20.0 Å². The van der Waals surface area contributed by atoms with Crippen molar-refractivity contribution >= 4 is 21.6 Å². The zero-order valence-corrected chi connectivity index (χ0v) is 11.7. The minimum absolute atomic E-state index is 0.108. The van der Waals surface area contributed by atoms with E-state index in [1.54, 1.807) is 18.2 Å². The predicted molar refractivity (Wildman–Crippen MR) is 71.7 cm³/mol. The summed E-state index contributed by atoms with van der Waals surface area (Å²) in [7, 11) is 0. The van der Waals surface area contributed by atoms with Gasteiger partial charge in [0, 0.05) is 16.1 Å². The Morgan fingerprint density at radius 1 is 1.61 bits per heavy atom. The second-order valence-electron chi connectivity index (χ2n) is 3.66. The Hall–Kier alpha value is -1.40. The van der Waals surface area contributed by atoms with E-state index in [-0.39, 0.29) is 18.0 Å². The lowest BCUT2D eigenvalue weighted by atomic mass is 10.1. The first kappa shape index (κ1) is 14.7. The van der Waals surface area contributed by atoms with Gasteiger partial charge in [0.1, 0.15) is 6.61 Å². The quantitative estimate of drug-likeness (QED) is 0.513. The highest BCUT2D eigenvalue weighted by atomic mass is 79.9. The number of ether oxygens (including phenoxy) is 1. The zero-order chi connectivity index (χ0) is 13.7. The van der Waals surface area contributed by atoms with Crippen molar-refractivity contribution in [3.05, 3.63) is 44.4 Å². The maximum atomic E-state index is 11.0. The number of benzene rings is 1. The summed E-state index contributed by atoms with van der Waals surface area (Å²) in [5, 5.41) is 20.6. The van der Waals surface area contributed by atoms with Crippen LogP contribution in [0.2, 0.25) is 0 Å². The fraction of sp³-hybridized carbons (Fsp3) is 0.333. The van der Waals surface area contributed by atoms with Crippen LogP contribution in [0.5, 0.6) is 5.75 Å². The molecule has 0 unspecified atom stereocenters. The lowest BCUT2D eigenvalue weighted by Crippen LogP contribution is -2.04. The van der Waals surface area contributed by atoms with Crippen molar-refractivity contribution in [2.75, 3.05) is 6.61 Å². The van der Waals surface area contributed by atoms with E-state index in [2.05, 4.69) is 15.9 Å². The Labute approximate surface area is 113 Å². The molecule has 1 aromatic rings. The zero-order valence-electron chi connectivity index (χ0n) is 10.1. The van der Waals surface area contributed by atoms with Crippen molar-refractivity contribution in [1.82, 2.24) is 0 Å². The maximum Gasteiger partial charge on any atom is 0.312 e. The van der Waals surface area contributed by atoms with E-state index in [4.69, 9.17) is 4.74 Å². The number of hydrogen-bond donors (Lipinski definition) is 1. The van der Waals surface area contributed by atoms with Gasteiger partial charge in [-0.25, -0.2) is 0 Å². The average Bonchev–Trinajstić information content (AvgIpc) is 2.30. The molecule has 1 N–H and O–H groups in total. The topological polar surface area (TPSA) is 72.6 Å². The van der Waals surface area contributed by atoms with Gasteiger partial charge < -0.3 is 9.84 Å². The molecule has 0 amide bonds. The largest absolute Gasteiger partial charge is 0.482 e. The normalized spacial score (nSPS) is 12.7. The molecule has 0 aliphatic rings. The minimum atomic E-state index is -0.846. The first-order valence-corrected chi connectivity index (χ1v) is 6.16. The van der Waals surface area contributed by atoms with Crippen LogP contribution in [-0.4, -0.2) is 16.6 Å². The van der Waals surface area contributed by atoms with Crippen molar-refractivity contribution in [3.8, 4) is 5.75 Å². The third-order valence-electron chi connectivity index (χ3n) is 2.27. The summed E-state index contributed by atoms with van der Waals surface area (Å²) >= 11 is 3.18. The van der Waals surface area contributed by atoms with Crippen molar-refractivity contribution < 1.29 is 14.8 Å². The molecular formula is C12H14BrNO4. The van der Waals surface area contributed by atoms with E-state index >= 15 is 0 Å². The lowest BCUT2D eigenvalue weighted by Gasteiger charge is -2.13. The Bertz CT molecular complexity index is 471. The monoisotopic (exact) mass is 315 g/mol. The molecule has 0 spiro atoms. The minimum Gasteiger partial charge on any atom is -0.482 e. The maximum absolute atomic E-state index is 11.0. The summed E-state index contributed by atoms with van der Waals surface area (Å²) < 4.78 is 5.91. The van der Waals surface area contributed by atoms with Crippen LogP contribution >= 0.6 is 15.9 Å². The predicted octanol–water partition coefficient (Wildman–Crippen LogP) is 3.37. The molecule has 0 heterocycles. The molecule has 0 aliphatic heterocycles. The van der Waals surface area contributed by atoms with Crippen LogP contribution in [0, 0.1) is 10.1 Å². The molecule has 0 aromatic heterocycles. The fourth-order valence-corrected chi connectivity index (χ4v) is 1.89. The molecule has 18 heavy (non-hydrogen) atoms. The number of hydrogen-bond acceptors (Lipinski definition) is 4. The molecule has 6 heteroatoms. The molecule has 1 atom stereocenters. The summed E-state index contributed by atoms with van der Waals surface area (Å²) in [6.45, 7) is 3.58. The van der Waals surface area contributed by atoms with Crippen LogP contribution in [0.3, 0.4) is 0 Å². The second kappa shape index (κ2) is 6.51. The summed E-state index contributed by atoms with van der Waals surface area (Å²) in [5.74, 6) is 0.108. The van der Waals surface area contributed by atoms with Gasteiger partial charge in [0.25, 0.3) is 0 Å². The van der Waals surface area contributed by atoms with Gasteiger partial charge in [-0.3, -0.25) is 10.1 Å². The fourth-order valence-electron chi connectivity index (χ4n) is 1.43. The van der Waals surface area contributed by atoms with Crippen LogP contribution < -0.4 is 4.74 Å². The van der Waals surface area contributed by atoms with Gasteiger partial charge in [-0.15, -0.1) is 0 Å². The molecule has 0 aliphatic carbocycles. The van der Waals surface area contributed by atoms with Gasteiger partial charge in [-0.2, -0.15) is 0 Å². The number of aliphatic hydroxyl groups is 1. The number of nitrogens with zero attached hydrogens (tertiary/aromatic N) is 1. The summed E-state index contributed by atoms with van der Waals surface area (Å²) in [4.78, 5) is 10.5. The molecule has 0 saturated carbocycles. The number of nitro groups is 1. The molecule has 0 bridgehead atoms. The highest BCUT2D eigenvalue weighted by Gasteiger charge is 2.22. The smallest absolute Gasteiger partial charge is 0.312 e. The van der Waals surface area contributed by atoms with E-state index in [0.717, 1.165) is 0 Å². The van der Waals surface area contributed by atoms with Gasteiger partial charge >= 0.3 is 5.69 Å². The number of halogens is 1. The molecule has 0 radical (unpaired) electrons. The molecule has 98 valence electrons. The second-order valence-corrected chi connectivity index (χ2v) is 4.57. The third-order valence-corrected chi connectivity index (χ3v) is 2.73. The van der Waals surface area contributed by atoms with Crippen molar-refractivity contribution in [1.29, 1.82) is 0 Å². The van der Waals surface area contributed by atoms with Gasteiger partial charge in [-0.1, -0.05) is 28.1 Å². The van der Waals surface area contributed by atoms with Crippen LogP contribution in [0.15, 0.2) is 28.8 Å². The van der Waals surface area contributed by atoms with Gasteiger partial charge in [0.15, 0.2) is 0 Å². The van der Waals surface area contributed by atoms with Gasteiger partial charge in [-0.05, 0) is 19.9 Å². The first-order chi connectivity index (χ1) is 8.47.